The zero-order valence-electron chi connectivity index (χ0n) is 15.4. The van der Waals surface area contributed by atoms with Crippen molar-refractivity contribution in [3.8, 4) is 5.75 Å². The molecule has 2 saturated heterocycles. The number of carbonyl (C=O) groups is 1. The standard InChI is InChI=1S/C20H30N2O3/c1-15-9-10-18(17-7-3-4-8-19(17)24-2)22(13-15)14-20(23)21-12-16-6-5-11-25-16/h3-4,7-8,15-16,18H,5-6,9-14H2,1-2H3,(H,21,23). The van der Waals surface area contributed by atoms with E-state index in [-0.39, 0.29) is 18.1 Å². The minimum Gasteiger partial charge on any atom is -0.496 e. The summed E-state index contributed by atoms with van der Waals surface area (Å²) in [6, 6.07) is 8.40. The van der Waals surface area contributed by atoms with Crippen molar-refractivity contribution >= 4 is 5.91 Å². The first-order chi connectivity index (χ1) is 12.2. The predicted molar refractivity (Wildman–Crippen MR) is 97.7 cm³/mol. The zero-order valence-corrected chi connectivity index (χ0v) is 15.4. The molecule has 0 aromatic heterocycles. The lowest BCUT2D eigenvalue weighted by molar-refractivity contribution is -0.124. The first-order valence-corrected chi connectivity index (χ1v) is 9.42. The fourth-order valence-corrected chi connectivity index (χ4v) is 3.99. The van der Waals surface area contributed by atoms with Gasteiger partial charge in [-0.15, -0.1) is 0 Å². The van der Waals surface area contributed by atoms with E-state index in [1.807, 2.05) is 18.2 Å². The molecule has 5 heteroatoms. The average Bonchev–Trinajstić information content (AvgIpc) is 3.14. The van der Waals surface area contributed by atoms with Crippen LogP contribution in [0.3, 0.4) is 0 Å². The van der Waals surface area contributed by atoms with E-state index < -0.39 is 0 Å². The summed E-state index contributed by atoms with van der Waals surface area (Å²) in [6.45, 7) is 5.08. The quantitative estimate of drug-likeness (QED) is 0.860. The summed E-state index contributed by atoms with van der Waals surface area (Å²) in [5, 5.41) is 3.05. The second-order valence-electron chi connectivity index (χ2n) is 7.31. The lowest BCUT2D eigenvalue weighted by atomic mass is 9.89. The van der Waals surface area contributed by atoms with Gasteiger partial charge in [-0.25, -0.2) is 0 Å². The number of nitrogens with one attached hydrogen (secondary N) is 1. The molecule has 0 bridgehead atoms. The molecule has 1 aromatic carbocycles. The van der Waals surface area contributed by atoms with Crippen LogP contribution in [-0.2, 0) is 9.53 Å². The number of benzene rings is 1. The van der Waals surface area contributed by atoms with E-state index in [0.717, 1.165) is 38.2 Å². The molecule has 2 aliphatic rings. The van der Waals surface area contributed by atoms with Crippen molar-refractivity contribution in [1.29, 1.82) is 0 Å². The van der Waals surface area contributed by atoms with Crippen LogP contribution in [0.25, 0.3) is 0 Å². The summed E-state index contributed by atoms with van der Waals surface area (Å²) in [5.41, 5.74) is 1.18. The molecule has 1 amide bonds. The highest BCUT2D eigenvalue weighted by Gasteiger charge is 2.30. The monoisotopic (exact) mass is 346 g/mol. The fraction of sp³-hybridized carbons (Fsp3) is 0.650. The fourth-order valence-electron chi connectivity index (χ4n) is 3.99. The van der Waals surface area contributed by atoms with Gasteiger partial charge in [0.05, 0.1) is 19.8 Å². The van der Waals surface area contributed by atoms with Crippen molar-refractivity contribution in [2.24, 2.45) is 5.92 Å². The largest absolute Gasteiger partial charge is 0.496 e. The number of rotatable bonds is 6. The Kier molecular flexibility index (Phi) is 6.32. The van der Waals surface area contributed by atoms with Crippen LogP contribution in [0.2, 0.25) is 0 Å². The minimum absolute atomic E-state index is 0.0875. The van der Waals surface area contributed by atoms with Crippen LogP contribution in [0.15, 0.2) is 24.3 Å². The van der Waals surface area contributed by atoms with Crippen molar-refractivity contribution in [2.45, 2.75) is 44.8 Å². The van der Waals surface area contributed by atoms with Crippen LogP contribution in [0, 0.1) is 5.92 Å². The van der Waals surface area contributed by atoms with E-state index in [2.05, 4.69) is 23.2 Å². The molecule has 25 heavy (non-hydrogen) atoms. The van der Waals surface area contributed by atoms with E-state index >= 15 is 0 Å². The van der Waals surface area contributed by atoms with E-state index in [1.54, 1.807) is 7.11 Å². The molecule has 3 rings (SSSR count). The number of carbonyl (C=O) groups excluding carboxylic acids is 1. The summed E-state index contributed by atoms with van der Waals surface area (Å²) in [6.07, 6.45) is 4.57. The Bertz CT molecular complexity index is 572. The third kappa shape index (κ3) is 4.73. The second kappa shape index (κ2) is 8.68. The summed E-state index contributed by atoms with van der Waals surface area (Å²) >= 11 is 0. The molecule has 138 valence electrons. The molecule has 3 unspecified atom stereocenters. The molecule has 1 aromatic rings. The van der Waals surface area contributed by atoms with E-state index in [4.69, 9.17) is 9.47 Å². The average molecular weight is 346 g/mol. The normalized spacial score (nSPS) is 27.2. The van der Waals surface area contributed by atoms with Crippen molar-refractivity contribution in [3.05, 3.63) is 29.8 Å². The molecular weight excluding hydrogens is 316 g/mol. The molecule has 2 heterocycles. The third-order valence-corrected chi connectivity index (χ3v) is 5.32. The number of piperidine rings is 1. The lowest BCUT2D eigenvalue weighted by Crippen LogP contribution is -2.45. The Morgan fingerprint density at radius 3 is 2.92 bits per heavy atom. The smallest absolute Gasteiger partial charge is 0.234 e. The summed E-state index contributed by atoms with van der Waals surface area (Å²) in [5.74, 6) is 1.60. The van der Waals surface area contributed by atoms with Gasteiger partial charge in [0, 0.05) is 31.3 Å². The van der Waals surface area contributed by atoms with Crippen molar-refractivity contribution < 1.29 is 14.3 Å². The van der Waals surface area contributed by atoms with Gasteiger partial charge in [0.2, 0.25) is 5.91 Å². The topological polar surface area (TPSA) is 50.8 Å². The van der Waals surface area contributed by atoms with Gasteiger partial charge in [0.15, 0.2) is 0 Å². The first-order valence-electron chi connectivity index (χ1n) is 9.42. The Morgan fingerprint density at radius 2 is 2.16 bits per heavy atom. The zero-order chi connectivity index (χ0) is 17.6. The van der Waals surface area contributed by atoms with Crippen molar-refractivity contribution in [3.63, 3.8) is 0 Å². The van der Waals surface area contributed by atoms with Gasteiger partial charge in [0.25, 0.3) is 0 Å². The molecule has 0 aliphatic carbocycles. The molecular formula is C20H30N2O3. The van der Waals surface area contributed by atoms with E-state index in [0.29, 0.717) is 19.0 Å². The van der Waals surface area contributed by atoms with Gasteiger partial charge < -0.3 is 14.8 Å². The molecule has 0 spiro atoms. The Labute approximate surface area is 150 Å². The van der Waals surface area contributed by atoms with Gasteiger partial charge >= 0.3 is 0 Å². The van der Waals surface area contributed by atoms with Gasteiger partial charge in [-0.1, -0.05) is 25.1 Å². The SMILES string of the molecule is COc1ccccc1C1CCC(C)CN1CC(=O)NCC1CCCO1. The van der Waals surface area contributed by atoms with Gasteiger partial charge in [-0.05, 0) is 37.7 Å². The van der Waals surface area contributed by atoms with Crippen molar-refractivity contribution in [2.75, 3.05) is 33.4 Å². The predicted octanol–water partition coefficient (Wildman–Crippen LogP) is 2.76. The Balaban J connectivity index is 1.64. The Morgan fingerprint density at radius 1 is 1.32 bits per heavy atom. The number of nitrogens with zero attached hydrogens (tertiary/aromatic N) is 1. The highest BCUT2D eigenvalue weighted by molar-refractivity contribution is 5.78. The lowest BCUT2D eigenvalue weighted by Gasteiger charge is -2.39. The number of hydrogen-bond donors (Lipinski definition) is 1. The van der Waals surface area contributed by atoms with Gasteiger partial charge in [-0.2, -0.15) is 0 Å². The van der Waals surface area contributed by atoms with Crippen LogP contribution >= 0.6 is 0 Å². The molecule has 0 radical (unpaired) electrons. The molecule has 2 fully saturated rings. The minimum atomic E-state index is 0.0875. The highest BCUT2D eigenvalue weighted by atomic mass is 16.5. The summed E-state index contributed by atoms with van der Waals surface area (Å²) in [4.78, 5) is 14.8. The molecule has 3 atom stereocenters. The first kappa shape index (κ1) is 18.2. The molecule has 2 aliphatic heterocycles. The van der Waals surface area contributed by atoms with Crippen LogP contribution < -0.4 is 10.1 Å². The highest BCUT2D eigenvalue weighted by Crippen LogP contribution is 2.37. The maximum atomic E-state index is 12.5. The number of para-hydroxylation sites is 1. The summed E-state index contributed by atoms with van der Waals surface area (Å²) < 4.78 is 11.1. The number of likely N-dealkylation sites (tertiary alicyclic amines) is 1. The van der Waals surface area contributed by atoms with Crippen molar-refractivity contribution in [1.82, 2.24) is 10.2 Å². The van der Waals surface area contributed by atoms with Crippen LogP contribution in [0.4, 0.5) is 0 Å². The molecule has 0 saturated carbocycles. The number of methoxy groups -OCH3 is 1. The van der Waals surface area contributed by atoms with Gasteiger partial charge in [0.1, 0.15) is 5.75 Å². The Hall–Kier alpha value is -1.59. The number of hydrogen-bond acceptors (Lipinski definition) is 4. The van der Waals surface area contributed by atoms with Gasteiger partial charge in [-0.3, -0.25) is 9.69 Å². The molecule has 5 nitrogen and oxygen atoms in total. The summed E-state index contributed by atoms with van der Waals surface area (Å²) in [7, 11) is 1.71. The number of amides is 1. The van der Waals surface area contributed by atoms with Crippen LogP contribution in [0.1, 0.15) is 44.2 Å². The third-order valence-electron chi connectivity index (χ3n) is 5.32. The van der Waals surface area contributed by atoms with E-state index in [1.165, 1.54) is 12.0 Å². The van der Waals surface area contributed by atoms with Crippen LogP contribution in [-0.4, -0.2) is 50.3 Å². The second-order valence-corrected chi connectivity index (χ2v) is 7.31. The van der Waals surface area contributed by atoms with E-state index in [9.17, 15) is 4.79 Å². The maximum Gasteiger partial charge on any atom is 0.234 e. The van der Waals surface area contributed by atoms with Crippen LogP contribution in [0.5, 0.6) is 5.75 Å². The maximum absolute atomic E-state index is 12.5. The number of ether oxygens (including phenoxy) is 2. The molecule has 1 N–H and O–H groups in total.